The van der Waals surface area contributed by atoms with Gasteiger partial charge in [-0.2, -0.15) is 0 Å². The number of fused-ring (bicyclic) bond motifs is 2. The average molecular weight is 420 g/mol. The van der Waals surface area contributed by atoms with Crippen LogP contribution in [0.15, 0.2) is 29.8 Å². The molecule has 1 aromatic carbocycles. The van der Waals surface area contributed by atoms with E-state index in [1.165, 1.54) is 7.11 Å². The van der Waals surface area contributed by atoms with Crippen molar-refractivity contribution >= 4 is 5.69 Å². The molecule has 0 bridgehead atoms. The third-order valence-electron chi connectivity index (χ3n) is 6.99. The first kappa shape index (κ1) is 21.4. The number of nitrogens with zero attached hydrogens (tertiary/aromatic N) is 1. The first-order chi connectivity index (χ1) is 14.2. The summed E-state index contributed by atoms with van der Waals surface area (Å²) in [5.74, 6) is 0.746. The van der Waals surface area contributed by atoms with E-state index in [1.807, 2.05) is 32.0 Å². The minimum Gasteiger partial charge on any atom is -0.454 e. The molecule has 0 unspecified atom stereocenters. The van der Waals surface area contributed by atoms with Gasteiger partial charge >= 0.3 is 0 Å². The SMILES string of the molecule is CO[C@@H]1[C@H](O)CC[C@]2(O)CN(c3ccc4c(c3)OCO4)[C@@H](CC=C(C)C)[C@](C)(O)[C@@H]12. The number of ether oxygens (including phenoxy) is 3. The maximum atomic E-state index is 11.9. The summed E-state index contributed by atoms with van der Waals surface area (Å²) in [7, 11) is 1.53. The summed E-state index contributed by atoms with van der Waals surface area (Å²) in [5.41, 5.74) is -0.485. The van der Waals surface area contributed by atoms with Crippen LogP contribution in [0.1, 0.15) is 40.0 Å². The highest BCUT2D eigenvalue weighted by atomic mass is 16.7. The van der Waals surface area contributed by atoms with Crippen molar-refractivity contribution in [3.63, 3.8) is 0 Å². The second kappa shape index (κ2) is 7.71. The second-order valence-corrected chi connectivity index (χ2v) is 9.31. The number of hydrogen-bond acceptors (Lipinski definition) is 7. The largest absolute Gasteiger partial charge is 0.454 e. The van der Waals surface area contributed by atoms with Gasteiger partial charge in [-0.15, -0.1) is 0 Å². The minimum atomic E-state index is -1.31. The highest BCUT2D eigenvalue weighted by molar-refractivity contribution is 5.59. The molecule has 0 amide bonds. The highest BCUT2D eigenvalue weighted by Crippen LogP contribution is 2.50. The van der Waals surface area contributed by atoms with Gasteiger partial charge in [-0.05, 0) is 52.2 Å². The molecule has 7 nitrogen and oxygen atoms in total. The second-order valence-electron chi connectivity index (χ2n) is 9.31. The predicted octanol–water partition coefficient (Wildman–Crippen LogP) is 2.23. The van der Waals surface area contributed by atoms with Gasteiger partial charge in [0.05, 0.1) is 29.5 Å². The summed E-state index contributed by atoms with van der Waals surface area (Å²) in [6.07, 6.45) is 2.17. The Kier molecular flexibility index (Phi) is 5.51. The monoisotopic (exact) mass is 419 g/mol. The molecule has 1 saturated heterocycles. The molecule has 2 heterocycles. The molecule has 1 aromatic rings. The van der Waals surface area contributed by atoms with E-state index in [0.29, 0.717) is 37.3 Å². The Labute approximate surface area is 177 Å². The smallest absolute Gasteiger partial charge is 0.231 e. The van der Waals surface area contributed by atoms with E-state index >= 15 is 0 Å². The first-order valence-corrected chi connectivity index (χ1v) is 10.6. The Hall–Kier alpha value is -1.80. The van der Waals surface area contributed by atoms with E-state index in [2.05, 4.69) is 11.0 Å². The number of β-amino-alcohol motifs (C(OH)–C–C–N with tert-alkyl or cyclic N) is 1. The van der Waals surface area contributed by atoms with Crippen LogP contribution in [-0.4, -0.2) is 65.2 Å². The van der Waals surface area contributed by atoms with Crippen molar-refractivity contribution in [3.8, 4) is 11.5 Å². The Morgan fingerprint density at radius 3 is 2.70 bits per heavy atom. The van der Waals surface area contributed by atoms with Crippen molar-refractivity contribution in [2.45, 2.75) is 69.5 Å². The lowest BCUT2D eigenvalue weighted by Gasteiger charge is -2.61. The normalized spacial score (nSPS) is 37.6. The standard InChI is InChI=1S/C23H33NO6/c1-14(2)5-8-19-22(3,26)21-20(28-4)16(25)9-10-23(21,27)12-24(19)15-6-7-17-18(11-15)30-13-29-17/h5-7,11,16,19-21,25-27H,8-10,12-13H2,1-4H3/t16-,19+,20-,21-,22+,23+/m1/s1. The van der Waals surface area contributed by atoms with Crippen LogP contribution in [0.2, 0.25) is 0 Å². The molecule has 3 aliphatic rings. The summed E-state index contributed by atoms with van der Waals surface area (Å²) in [6.45, 7) is 6.34. The Morgan fingerprint density at radius 1 is 1.27 bits per heavy atom. The molecule has 2 fully saturated rings. The van der Waals surface area contributed by atoms with Crippen molar-refractivity contribution in [2.24, 2.45) is 5.92 Å². The maximum absolute atomic E-state index is 11.9. The Balaban J connectivity index is 1.78. The van der Waals surface area contributed by atoms with E-state index in [9.17, 15) is 15.3 Å². The molecule has 0 spiro atoms. The van der Waals surface area contributed by atoms with Gasteiger partial charge in [0.2, 0.25) is 6.79 Å². The van der Waals surface area contributed by atoms with E-state index in [0.717, 1.165) is 11.3 Å². The summed E-state index contributed by atoms with van der Waals surface area (Å²) >= 11 is 0. The maximum Gasteiger partial charge on any atom is 0.231 e. The van der Waals surface area contributed by atoms with Gasteiger partial charge in [0.15, 0.2) is 11.5 Å². The molecular weight excluding hydrogens is 386 g/mol. The van der Waals surface area contributed by atoms with Crippen molar-refractivity contribution in [1.29, 1.82) is 0 Å². The quantitative estimate of drug-likeness (QED) is 0.645. The number of hydrogen-bond donors (Lipinski definition) is 3. The molecular formula is C23H33NO6. The molecule has 6 atom stereocenters. The summed E-state index contributed by atoms with van der Waals surface area (Å²) in [5, 5.41) is 34.1. The molecule has 30 heavy (non-hydrogen) atoms. The molecule has 166 valence electrons. The van der Waals surface area contributed by atoms with Crippen LogP contribution in [0.5, 0.6) is 11.5 Å². The van der Waals surface area contributed by atoms with Crippen LogP contribution in [0.3, 0.4) is 0 Å². The number of piperidine rings is 1. The summed E-state index contributed by atoms with van der Waals surface area (Å²) < 4.78 is 16.6. The summed E-state index contributed by atoms with van der Waals surface area (Å²) in [6, 6.07) is 5.39. The molecule has 0 aromatic heterocycles. The number of allylic oxidation sites excluding steroid dienone is 1. The molecule has 0 radical (unpaired) electrons. The number of rotatable bonds is 4. The van der Waals surface area contributed by atoms with Gasteiger partial charge in [0, 0.05) is 31.3 Å². The van der Waals surface area contributed by atoms with E-state index in [1.54, 1.807) is 6.92 Å². The zero-order chi connectivity index (χ0) is 21.7. The number of aliphatic hydroxyl groups excluding tert-OH is 1. The summed E-state index contributed by atoms with van der Waals surface area (Å²) in [4.78, 5) is 2.07. The zero-order valence-corrected chi connectivity index (χ0v) is 18.2. The van der Waals surface area contributed by atoms with Crippen molar-refractivity contribution in [2.75, 3.05) is 25.3 Å². The van der Waals surface area contributed by atoms with E-state index < -0.39 is 29.3 Å². The zero-order valence-electron chi connectivity index (χ0n) is 18.2. The number of aliphatic hydroxyl groups is 3. The van der Waals surface area contributed by atoms with Gasteiger partial charge in [-0.3, -0.25) is 0 Å². The van der Waals surface area contributed by atoms with Gasteiger partial charge in [0.1, 0.15) is 0 Å². The molecule has 7 heteroatoms. The fourth-order valence-corrected chi connectivity index (χ4v) is 5.57. The fourth-order valence-electron chi connectivity index (χ4n) is 5.57. The van der Waals surface area contributed by atoms with Gasteiger partial charge < -0.3 is 34.4 Å². The molecule has 4 rings (SSSR count). The van der Waals surface area contributed by atoms with Gasteiger partial charge in [-0.1, -0.05) is 11.6 Å². The number of methoxy groups -OCH3 is 1. The van der Waals surface area contributed by atoms with Crippen LogP contribution < -0.4 is 14.4 Å². The lowest BCUT2D eigenvalue weighted by molar-refractivity contribution is -0.232. The van der Waals surface area contributed by atoms with Crippen LogP contribution >= 0.6 is 0 Å². The lowest BCUT2D eigenvalue weighted by atomic mass is 9.59. The van der Waals surface area contributed by atoms with Crippen molar-refractivity contribution in [3.05, 3.63) is 29.8 Å². The van der Waals surface area contributed by atoms with Gasteiger partial charge in [-0.25, -0.2) is 0 Å². The minimum absolute atomic E-state index is 0.192. The predicted molar refractivity (Wildman–Crippen MR) is 113 cm³/mol. The number of anilines is 1. The number of benzene rings is 1. The Bertz CT molecular complexity index is 820. The molecule has 3 N–H and O–H groups in total. The third kappa shape index (κ3) is 3.47. The van der Waals surface area contributed by atoms with Gasteiger partial charge in [0.25, 0.3) is 0 Å². The third-order valence-corrected chi connectivity index (χ3v) is 6.99. The van der Waals surface area contributed by atoms with Crippen LogP contribution in [-0.2, 0) is 4.74 Å². The average Bonchev–Trinajstić information content (AvgIpc) is 3.15. The van der Waals surface area contributed by atoms with Crippen molar-refractivity contribution < 1.29 is 29.5 Å². The van der Waals surface area contributed by atoms with Crippen LogP contribution in [0, 0.1) is 5.92 Å². The van der Waals surface area contributed by atoms with E-state index in [-0.39, 0.29) is 12.8 Å². The molecule has 2 aliphatic heterocycles. The Morgan fingerprint density at radius 2 is 2.00 bits per heavy atom. The molecule has 1 aliphatic carbocycles. The first-order valence-electron chi connectivity index (χ1n) is 10.6. The fraction of sp³-hybridized carbons (Fsp3) is 0.652. The van der Waals surface area contributed by atoms with E-state index in [4.69, 9.17) is 14.2 Å². The van der Waals surface area contributed by atoms with Crippen LogP contribution in [0.25, 0.3) is 0 Å². The topological polar surface area (TPSA) is 91.6 Å². The molecule has 1 saturated carbocycles. The van der Waals surface area contributed by atoms with Crippen LogP contribution in [0.4, 0.5) is 5.69 Å². The lowest BCUT2D eigenvalue weighted by Crippen LogP contribution is -2.75. The highest BCUT2D eigenvalue weighted by Gasteiger charge is 2.63. The van der Waals surface area contributed by atoms with Crippen molar-refractivity contribution in [1.82, 2.24) is 0 Å².